The Morgan fingerprint density at radius 2 is 1.89 bits per heavy atom. The van der Waals surface area contributed by atoms with E-state index in [9.17, 15) is 19.5 Å². The molecule has 2 aliphatic rings. The molecular formula is C28H32N4O4. The predicted octanol–water partition coefficient (Wildman–Crippen LogP) is 3.38. The molecule has 8 heteroatoms. The first-order valence-corrected chi connectivity index (χ1v) is 12.7. The van der Waals surface area contributed by atoms with Crippen molar-refractivity contribution in [3.63, 3.8) is 0 Å². The third-order valence-corrected chi connectivity index (χ3v) is 8.10. The number of fused-ring (bicyclic) bond motifs is 2. The second-order valence-corrected chi connectivity index (χ2v) is 10.1. The Hall–Kier alpha value is -3.68. The molecule has 4 N–H and O–H groups in total. The fraction of sp³-hybridized carbons (Fsp3) is 0.429. The number of hydrogen-bond donors (Lipinski definition) is 3. The molecule has 8 nitrogen and oxygen atoms in total. The van der Waals surface area contributed by atoms with Gasteiger partial charge in [0.15, 0.2) is 0 Å². The van der Waals surface area contributed by atoms with Gasteiger partial charge in [-0.3, -0.25) is 14.6 Å². The van der Waals surface area contributed by atoms with E-state index in [0.717, 1.165) is 37.1 Å². The number of nitrogens with two attached hydrogens (primary N) is 1. The molecule has 2 aromatic heterocycles. The van der Waals surface area contributed by atoms with Crippen LogP contribution in [0.4, 0.5) is 0 Å². The molecule has 0 aliphatic heterocycles. The Kier molecular flexibility index (Phi) is 6.28. The first-order valence-electron chi connectivity index (χ1n) is 12.7. The van der Waals surface area contributed by atoms with Crippen molar-refractivity contribution in [2.45, 2.75) is 63.3 Å². The summed E-state index contributed by atoms with van der Waals surface area (Å²) >= 11 is 0. The van der Waals surface area contributed by atoms with E-state index in [1.165, 1.54) is 12.0 Å². The molecule has 5 rings (SSSR count). The van der Waals surface area contributed by atoms with Crippen LogP contribution in [0.15, 0.2) is 36.4 Å². The van der Waals surface area contributed by atoms with Crippen LogP contribution in [0.5, 0.6) is 0 Å². The van der Waals surface area contributed by atoms with Gasteiger partial charge in [0.2, 0.25) is 11.8 Å². The van der Waals surface area contributed by atoms with Crippen molar-refractivity contribution in [1.82, 2.24) is 14.9 Å². The number of nitrogens with zero attached hydrogens (tertiary/aromatic N) is 2. The molecule has 1 aromatic carbocycles. The van der Waals surface area contributed by atoms with Crippen molar-refractivity contribution in [2.75, 3.05) is 0 Å². The Morgan fingerprint density at radius 1 is 1.11 bits per heavy atom. The number of carbonyl (C=O) groups excluding carboxylic acids is 2. The third kappa shape index (κ3) is 3.85. The van der Waals surface area contributed by atoms with E-state index in [1.54, 1.807) is 11.6 Å². The summed E-state index contributed by atoms with van der Waals surface area (Å²) in [5, 5.41) is 13.8. The van der Waals surface area contributed by atoms with E-state index in [1.807, 2.05) is 30.3 Å². The number of amides is 2. The van der Waals surface area contributed by atoms with Crippen molar-refractivity contribution in [1.29, 1.82) is 0 Å². The number of primary amides is 1. The number of aryl methyl sites for hydroxylation is 3. The lowest BCUT2D eigenvalue weighted by atomic mass is 9.60. The van der Waals surface area contributed by atoms with Crippen LogP contribution in [-0.4, -0.2) is 32.4 Å². The summed E-state index contributed by atoms with van der Waals surface area (Å²) in [7, 11) is 1.67. The molecule has 1 saturated carbocycles. The third-order valence-electron chi connectivity index (χ3n) is 8.10. The zero-order valence-corrected chi connectivity index (χ0v) is 20.5. The smallest absolute Gasteiger partial charge is 0.352 e. The molecule has 2 amide bonds. The summed E-state index contributed by atoms with van der Waals surface area (Å²) in [5.41, 5.74) is 8.86. The summed E-state index contributed by atoms with van der Waals surface area (Å²) in [6.07, 6.45) is 6.50. The molecule has 36 heavy (non-hydrogen) atoms. The molecule has 0 unspecified atom stereocenters. The normalized spacial score (nSPS) is 21.6. The summed E-state index contributed by atoms with van der Waals surface area (Å²) < 4.78 is 1.58. The quantitative estimate of drug-likeness (QED) is 0.490. The molecule has 0 bridgehead atoms. The molecule has 0 saturated heterocycles. The number of carbonyl (C=O) groups is 3. The minimum atomic E-state index is -1.42. The van der Waals surface area contributed by atoms with Crippen LogP contribution in [0.1, 0.15) is 71.5 Å². The van der Waals surface area contributed by atoms with Crippen molar-refractivity contribution in [3.05, 3.63) is 64.6 Å². The first-order chi connectivity index (χ1) is 17.3. The first kappa shape index (κ1) is 24.0. The average molecular weight is 489 g/mol. The van der Waals surface area contributed by atoms with E-state index in [2.05, 4.69) is 11.4 Å². The van der Waals surface area contributed by atoms with Gasteiger partial charge in [-0.1, -0.05) is 37.1 Å². The highest BCUT2D eigenvalue weighted by atomic mass is 16.4. The van der Waals surface area contributed by atoms with Crippen LogP contribution in [0.3, 0.4) is 0 Å². The second kappa shape index (κ2) is 9.41. The number of carboxylic acid groups (broad SMARTS) is 1. The van der Waals surface area contributed by atoms with E-state index in [4.69, 9.17) is 10.7 Å². The molecule has 188 valence electrons. The zero-order valence-electron chi connectivity index (χ0n) is 20.5. The van der Waals surface area contributed by atoms with Crippen molar-refractivity contribution >= 4 is 28.7 Å². The van der Waals surface area contributed by atoms with Crippen molar-refractivity contribution in [2.24, 2.45) is 18.7 Å². The van der Waals surface area contributed by atoms with Gasteiger partial charge in [0.1, 0.15) is 5.69 Å². The molecule has 2 heterocycles. The SMILES string of the molecule is Cn1c(C(=O)O)c([C@]2(C(N)=O)CCCC[C@H]2C(=O)NCc2ccc3c(n2)CCCC3)c2ccccc21. The Bertz CT molecular complexity index is 1360. The topological polar surface area (TPSA) is 127 Å². The number of rotatable bonds is 6. The maximum Gasteiger partial charge on any atom is 0.352 e. The molecule has 1 fully saturated rings. The fourth-order valence-electron chi connectivity index (χ4n) is 6.37. The average Bonchev–Trinajstić information content (AvgIpc) is 3.20. The van der Waals surface area contributed by atoms with E-state index in [0.29, 0.717) is 35.7 Å². The largest absolute Gasteiger partial charge is 0.477 e. The van der Waals surface area contributed by atoms with Crippen LogP contribution >= 0.6 is 0 Å². The fourth-order valence-corrected chi connectivity index (χ4v) is 6.37. The van der Waals surface area contributed by atoms with Crippen molar-refractivity contribution in [3.8, 4) is 0 Å². The van der Waals surface area contributed by atoms with Gasteiger partial charge >= 0.3 is 5.97 Å². The van der Waals surface area contributed by atoms with Gasteiger partial charge in [-0.25, -0.2) is 4.79 Å². The van der Waals surface area contributed by atoms with Gasteiger partial charge in [-0.05, 0) is 56.2 Å². The number of benzene rings is 1. The molecule has 3 aromatic rings. The zero-order chi connectivity index (χ0) is 25.4. The predicted molar refractivity (Wildman–Crippen MR) is 135 cm³/mol. The summed E-state index contributed by atoms with van der Waals surface area (Å²) in [6.45, 7) is 0.249. The Balaban J connectivity index is 1.53. The standard InChI is InChI=1S/C28H32N4O4/c1-32-22-12-5-3-9-19(22)23(24(32)26(34)35)28(27(29)36)15-7-6-10-20(28)25(33)30-16-18-14-13-17-8-2-4-11-21(17)31-18/h3,5,9,12-14,20H,2,4,6-8,10-11,15-16H2,1H3,(H2,29,36)(H,30,33)(H,34,35)/t20-,28-/m0/s1. The van der Waals surface area contributed by atoms with Gasteiger partial charge < -0.3 is 20.7 Å². The molecule has 0 spiro atoms. The maximum absolute atomic E-state index is 13.7. The lowest BCUT2D eigenvalue weighted by molar-refractivity contribution is -0.137. The van der Waals surface area contributed by atoms with Crippen LogP contribution in [-0.2, 0) is 41.4 Å². The van der Waals surface area contributed by atoms with Crippen LogP contribution in [0.25, 0.3) is 10.9 Å². The highest BCUT2D eigenvalue weighted by molar-refractivity contribution is 6.05. The number of pyridine rings is 1. The minimum absolute atomic E-state index is 0.00561. The number of nitrogens with one attached hydrogen (secondary N) is 1. The van der Waals surface area contributed by atoms with Gasteiger partial charge in [0.05, 0.1) is 23.6 Å². The second-order valence-electron chi connectivity index (χ2n) is 10.1. The maximum atomic E-state index is 13.7. The Morgan fingerprint density at radius 3 is 2.67 bits per heavy atom. The number of para-hydroxylation sites is 1. The number of aromatic nitrogens is 2. The molecule has 2 atom stereocenters. The Labute approximate surface area is 209 Å². The minimum Gasteiger partial charge on any atom is -0.477 e. The van der Waals surface area contributed by atoms with Crippen LogP contribution < -0.4 is 11.1 Å². The lowest BCUT2D eigenvalue weighted by Gasteiger charge is -2.41. The monoisotopic (exact) mass is 488 g/mol. The van der Waals surface area contributed by atoms with E-state index in [-0.39, 0.29) is 18.1 Å². The molecular weight excluding hydrogens is 456 g/mol. The van der Waals surface area contributed by atoms with E-state index < -0.39 is 23.2 Å². The van der Waals surface area contributed by atoms with Gasteiger partial charge in [0, 0.05) is 29.2 Å². The molecule has 0 radical (unpaired) electrons. The number of carboxylic acids is 1. The van der Waals surface area contributed by atoms with Crippen molar-refractivity contribution < 1.29 is 19.5 Å². The number of hydrogen-bond acceptors (Lipinski definition) is 4. The lowest BCUT2D eigenvalue weighted by Crippen LogP contribution is -2.54. The summed E-state index contributed by atoms with van der Waals surface area (Å²) in [6, 6.07) is 11.3. The number of aromatic carboxylic acids is 1. The van der Waals surface area contributed by atoms with Gasteiger partial charge in [-0.15, -0.1) is 0 Å². The highest BCUT2D eigenvalue weighted by Gasteiger charge is 2.53. The van der Waals surface area contributed by atoms with Crippen LogP contribution in [0.2, 0.25) is 0 Å². The molecule has 2 aliphatic carbocycles. The van der Waals surface area contributed by atoms with Gasteiger partial charge in [-0.2, -0.15) is 0 Å². The summed E-state index contributed by atoms with van der Waals surface area (Å²) in [4.78, 5) is 44.2. The highest BCUT2D eigenvalue weighted by Crippen LogP contribution is 2.48. The van der Waals surface area contributed by atoms with E-state index >= 15 is 0 Å². The summed E-state index contributed by atoms with van der Waals surface area (Å²) in [5.74, 6) is -2.87. The van der Waals surface area contributed by atoms with Crippen LogP contribution in [0, 0.1) is 5.92 Å². The van der Waals surface area contributed by atoms with Gasteiger partial charge in [0.25, 0.3) is 0 Å².